The van der Waals surface area contributed by atoms with Crippen LogP contribution in [0.3, 0.4) is 0 Å². The largest absolute Gasteiger partial charge is 0.493 e. The number of halogens is 2. The summed E-state index contributed by atoms with van der Waals surface area (Å²) in [6.07, 6.45) is 0. The topological polar surface area (TPSA) is 99.8 Å². The number of carbonyl (C=O) groups excluding carboxylic acids is 3. The molecule has 3 atom stereocenters. The van der Waals surface area contributed by atoms with Gasteiger partial charge in [-0.05, 0) is 55.3 Å². The molecule has 2 heterocycles. The molecule has 8 nitrogen and oxygen atoms in total. The summed E-state index contributed by atoms with van der Waals surface area (Å²) in [5.41, 5.74) is 1.30. The smallest absolute Gasteiger partial charge is 0.263 e. The molecule has 0 aromatic heterocycles. The Kier molecular flexibility index (Phi) is 8.14. The highest BCUT2D eigenvalue weighted by atomic mass is 35.5. The highest BCUT2D eigenvalue weighted by Crippen LogP contribution is 2.45. The number of Topliss-reactive ketones (excluding diaryl/α,β-unsaturated/α-hetero) is 1. The van der Waals surface area contributed by atoms with Gasteiger partial charge in [-0.15, -0.1) is 0 Å². The number of carbonyl (C=O) groups is 3. The summed E-state index contributed by atoms with van der Waals surface area (Å²) in [6, 6.07) is 19.2. The molecule has 2 aliphatic rings. The second kappa shape index (κ2) is 11.6. The van der Waals surface area contributed by atoms with Crippen molar-refractivity contribution >= 4 is 40.8 Å². The van der Waals surface area contributed by atoms with Gasteiger partial charge < -0.3 is 15.0 Å². The quantitative estimate of drug-likeness (QED) is 0.359. The Labute approximate surface area is 243 Å². The van der Waals surface area contributed by atoms with Crippen LogP contribution in [0.5, 0.6) is 5.75 Å². The predicted octanol–water partition coefficient (Wildman–Crippen LogP) is 4.38. The van der Waals surface area contributed by atoms with Crippen LogP contribution < -0.4 is 20.7 Å². The van der Waals surface area contributed by atoms with Gasteiger partial charge in [0.1, 0.15) is 5.75 Å². The molecule has 2 amide bonds. The minimum absolute atomic E-state index is 0.0728. The zero-order valence-electron chi connectivity index (χ0n) is 22.2. The predicted molar refractivity (Wildman–Crippen MR) is 154 cm³/mol. The Bertz CT molecular complexity index is 1380. The average molecular weight is 582 g/mol. The van der Waals surface area contributed by atoms with E-state index in [1.165, 1.54) is 11.8 Å². The molecule has 2 aliphatic heterocycles. The first kappa shape index (κ1) is 28.1. The van der Waals surface area contributed by atoms with E-state index in [2.05, 4.69) is 16.0 Å². The van der Waals surface area contributed by atoms with E-state index >= 15 is 0 Å². The third-order valence-corrected chi connectivity index (χ3v) is 7.78. The van der Waals surface area contributed by atoms with E-state index in [1.807, 2.05) is 55.5 Å². The molecular weight excluding hydrogens is 551 g/mol. The monoisotopic (exact) mass is 580 g/mol. The Balaban J connectivity index is 1.70. The van der Waals surface area contributed by atoms with Gasteiger partial charge in [-0.2, -0.15) is 0 Å². The molecule has 0 radical (unpaired) electrons. The summed E-state index contributed by atoms with van der Waals surface area (Å²) in [5.74, 6) is -0.273. The molecule has 5 rings (SSSR count). The lowest BCUT2D eigenvalue weighted by Crippen LogP contribution is -2.62. The Morgan fingerprint density at radius 3 is 2.02 bits per heavy atom. The summed E-state index contributed by atoms with van der Waals surface area (Å²) in [7, 11) is 0. The highest BCUT2D eigenvalue weighted by Gasteiger charge is 2.54. The first-order chi connectivity index (χ1) is 19.2. The SMILES string of the molecule is CCOc1cc(C(C)=O)ccc1C1(C(=O)N2CCNC(=O)C2)N[C@H](c2ccc(Cl)cc2)[C@H](c2ccc(Cl)cc2)N1. The van der Waals surface area contributed by atoms with E-state index in [0.29, 0.717) is 46.6 Å². The van der Waals surface area contributed by atoms with E-state index in [1.54, 1.807) is 18.2 Å². The fourth-order valence-electron chi connectivity index (χ4n) is 5.34. The number of ketones is 1. The number of piperazine rings is 1. The third kappa shape index (κ3) is 5.45. The van der Waals surface area contributed by atoms with Gasteiger partial charge in [0.15, 0.2) is 11.4 Å². The fourth-order valence-corrected chi connectivity index (χ4v) is 5.59. The van der Waals surface area contributed by atoms with Crippen LogP contribution in [0.15, 0.2) is 66.7 Å². The van der Waals surface area contributed by atoms with Gasteiger partial charge in [0, 0.05) is 34.3 Å². The normalized spacial score (nSPS) is 22.6. The van der Waals surface area contributed by atoms with Gasteiger partial charge in [-0.25, -0.2) is 0 Å². The number of nitrogens with one attached hydrogen (secondary N) is 3. The number of nitrogens with zero attached hydrogens (tertiary/aromatic N) is 1. The molecule has 40 heavy (non-hydrogen) atoms. The van der Waals surface area contributed by atoms with E-state index in [-0.39, 0.29) is 36.2 Å². The van der Waals surface area contributed by atoms with Gasteiger partial charge >= 0.3 is 0 Å². The lowest BCUT2D eigenvalue weighted by atomic mass is 9.94. The van der Waals surface area contributed by atoms with Crippen molar-refractivity contribution in [3.05, 3.63) is 99.0 Å². The lowest BCUT2D eigenvalue weighted by Gasteiger charge is -2.37. The summed E-state index contributed by atoms with van der Waals surface area (Å²) in [6.45, 7) is 4.28. The molecule has 1 unspecified atom stereocenters. The van der Waals surface area contributed by atoms with Gasteiger partial charge in [-0.1, -0.05) is 59.6 Å². The zero-order valence-corrected chi connectivity index (χ0v) is 23.7. The lowest BCUT2D eigenvalue weighted by molar-refractivity contribution is -0.144. The van der Waals surface area contributed by atoms with Crippen LogP contribution in [0.25, 0.3) is 0 Å². The van der Waals surface area contributed by atoms with Crippen molar-refractivity contribution in [2.24, 2.45) is 0 Å². The molecular formula is C30H30Cl2N4O4. The van der Waals surface area contributed by atoms with Gasteiger partial charge in [-0.3, -0.25) is 25.0 Å². The Hall–Kier alpha value is -3.43. The molecule has 2 fully saturated rings. The first-order valence-corrected chi connectivity index (χ1v) is 13.9. The number of rotatable bonds is 7. The van der Waals surface area contributed by atoms with Crippen molar-refractivity contribution in [3.8, 4) is 5.75 Å². The number of amides is 2. The first-order valence-electron chi connectivity index (χ1n) is 13.1. The van der Waals surface area contributed by atoms with Gasteiger partial charge in [0.05, 0.1) is 25.2 Å². The summed E-state index contributed by atoms with van der Waals surface area (Å²) in [5, 5.41) is 11.2. The maximum atomic E-state index is 14.6. The van der Waals surface area contributed by atoms with Crippen molar-refractivity contribution in [1.82, 2.24) is 20.9 Å². The molecule has 10 heteroatoms. The fraction of sp³-hybridized carbons (Fsp3) is 0.300. The number of benzene rings is 3. The summed E-state index contributed by atoms with van der Waals surface area (Å²) in [4.78, 5) is 40.7. The third-order valence-electron chi connectivity index (χ3n) is 7.27. The second-order valence-corrected chi connectivity index (χ2v) is 10.7. The van der Waals surface area contributed by atoms with Crippen LogP contribution in [0.4, 0.5) is 0 Å². The highest BCUT2D eigenvalue weighted by molar-refractivity contribution is 6.30. The molecule has 3 aromatic rings. The van der Waals surface area contributed by atoms with E-state index in [0.717, 1.165) is 11.1 Å². The summed E-state index contributed by atoms with van der Waals surface area (Å²) >= 11 is 12.4. The standard InChI is InChI=1S/C30H30Cl2N4O4/c1-3-40-25-16-21(18(2)37)8-13-24(25)30(29(39)36-15-14-33-26(38)17-36)34-27(19-4-9-22(31)10-5-19)28(35-30)20-6-11-23(32)12-7-20/h4-13,16,27-28,34-35H,3,14-15,17H2,1-2H3,(H,33,38)/t27-,28+,30?. The Morgan fingerprint density at radius 1 is 0.950 bits per heavy atom. The number of ether oxygens (including phenoxy) is 1. The van der Waals surface area contributed by atoms with Crippen LogP contribution in [0.1, 0.15) is 53.0 Å². The van der Waals surface area contributed by atoms with E-state index < -0.39 is 5.66 Å². The summed E-state index contributed by atoms with van der Waals surface area (Å²) < 4.78 is 6.02. The second-order valence-electron chi connectivity index (χ2n) is 9.87. The minimum Gasteiger partial charge on any atom is -0.493 e. The maximum Gasteiger partial charge on any atom is 0.263 e. The van der Waals surface area contributed by atoms with Crippen LogP contribution in [0, 0.1) is 0 Å². The number of hydrogen-bond donors (Lipinski definition) is 3. The van der Waals surface area contributed by atoms with Crippen molar-refractivity contribution in [1.29, 1.82) is 0 Å². The van der Waals surface area contributed by atoms with E-state index in [4.69, 9.17) is 27.9 Å². The minimum atomic E-state index is -1.49. The molecule has 0 saturated carbocycles. The number of hydrogen-bond acceptors (Lipinski definition) is 6. The van der Waals surface area contributed by atoms with Crippen molar-refractivity contribution in [3.63, 3.8) is 0 Å². The molecule has 2 saturated heterocycles. The van der Waals surface area contributed by atoms with Crippen LogP contribution >= 0.6 is 23.2 Å². The van der Waals surface area contributed by atoms with Crippen molar-refractivity contribution in [2.45, 2.75) is 31.6 Å². The molecule has 0 aliphatic carbocycles. The van der Waals surface area contributed by atoms with Crippen molar-refractivity contribution in [2.75, 3.05) is 26.2 Å². The molecule has 208 valence electrons. The Morgan fingerprint density at radius 2 is 1.52 bits per heavy atom. The van der Waals surface area contributed by atoms with E-state index in [9.17, 15) is 14.4 Å². The maximum absolute atomic E-state index is 14.6. The molecule has 3 aromatic carbocycles. The molecule has 0 bridgehead atoms. The molecule has 0 spiro atoms. The molecule has 3 N–H and O–H groups in total. The van der Waals surface area contributed by atoms with Crippen LogP contribution in [0.2, 0.25) is 10.0 Å². The van der Waals surface area contributed by atoms with Crippen LogP contribution in [-0.2, 0) is 15.3 Å². The average Bonchev–Trinajstić information content (AvgIpc) is 3.35. The van der Waals surface area contributed by atoms with Crippen LogP contribution in [-0.4, -0.2) is 48.7 Å². The van der Waals surface area contributed by atoms with Gasteiger partial charge in [0.2, 0.25) is 5.91 Å². The zero-order chi connectivity index (χ0) is 28.4. The van der Waals surface area contributed by atoms with Crippen molar-refractivity contribution < 1.29 is 19.1 Å². The van der Waals surface area contributed by atoms with Gasteiger partial charge in [0.25, 0.3) is 5.91 Å².